The second kappa shape index (κ2) is 25.7. The molecule has 5 rings (SSSR count). The Morgan fingerprint density at radius 3 is 2.29 bits per heavy atom. The molecule has 1 aromatic heterocycles. The summed E-state index contributed by atoms with van der Waals surface area (Å²) in [7, 11) is 2.96. The lowest BCUT2D eigenvalue weighted by atomic mass is 9.78. The summed E-state index contributed by atoms with van der Waals surface area (Å²) in [4.78, 5) is 74.8. The van der Waals surface area contributed by atoms with Gasteiger partial charge in [-0.15, -0.1) is 11.3 Å². The van der Waals surface area contributed by atoms with Crippen LogP contribution in [0.15, 0.2) is 59.7 Å². The van der Waals surface area contributed by atoms with E-state index in [0.29, 0.717) is 63.4 Å². The zero-order chi connectivity index (χ0) is 50.7. The van der Waals surface area contributed by atoms with Crippen LogP contribution in [0.5, 0.6) is 0 Å². The number of ketones is 3. The van der Waals surface area contributed by atoms with Crippen molar-refractivity contribution in [3.63, 3.8) is 0 Å². The van der Waals surface area contributed by atoms with Crippen LogP contribution in [0.4, 0.5) is 0 Å². The molecule has 0 spiro atoms. The van der Waals surface area contributed by atoms with Gasteiger partial charge in [0.15, 0.2) is 5.78 Å². The zero-order valence-corrected chi connectivity index (χ0v) is 43.6. The van der Waals surface area contributed by atoms with Gasteiger partial charge in [0.2, 0.25) is 5.79 Å². The maximum absolute atomic E-state index is 14.5. The van der Waals surface area contributed by atoms with Gasteiger partial charge in [0.05, 0.1) is 18.3 Å². The molecule has 14 heteroatoms. The monoisotopic (exact) mass is 980 g/mol. The van der Waals surface area contributed by atoms with Crippen molar-refractivity contribution in [3.8, 4) is 0 Å². The fraction of sp³-hybridized carbons (Fsp3) is 0.691. The Morgan fingerprint density at radius 1 is 0.870 bits per heavy atom. The van der Waals surface area contributed by atoms with E-state index in [1.54, 1.807) is 45.3 Å². The van der Waals surface area contributed by atoms with E-state index in [9.17, 15) is 39.3 Å². The van der Waals surface area contributed by atoms with E-state index in [-0.39, 0.29) is 60.7 Å². The van der Waals surface area contributed by atoms with Gasteiger partial charge in [-0.1, -0.05) is 76.6 Å². The van der Waals surface area contributed by atoms with Crippen molar-refractivity contribution in [1.29, 1.82) is 0 Å². The smallest absolute Gasteiger partial charge is 0.329 e. The molecule has 2 bridgehead atoms. The van der Waals surface area contributed by atoms with E-state index < -0.39 is 77.8 Å². The van der Waals surface area contributed by atoms with Crippen LogP contribution in [-0.4, -0.2) is 119 Å². The molecule has 3 N–H and O–H groups in total. The highest BCUT2D eigenvalue weighted by molar-refractivity contribution is 7.12. The molecular weight excluding hydrogens is 899 g/mol. The number of hydrogen-bond acceptors (Lipinski definition) is 13. The molecule has 3 aliphatic heterocycles. The number of carbonyl (C=O) groups excluding carboxylic acids is 5. The molecule has 384 valence electrons. The van der Waals surface area contributed by atoms with E-state index in [4.69, 9.17) is 18.9 Å². The predicted octanol–water partition coefficient (Wildman–Crippen LogP) is 8.32. The highest BCUT2D eigenvalue weighted by Crippen LogP contribution is 2.41. The van der Waals surface area contributed by atoms with Gasteiger partial charge in [0, 0.05) is 60.6 Å². The number of cyclic esters (lactones) is 1. The highest BCUT2D eigenvalue weighted by Gasteiger charge is 2.53. The minimum absolute atomic E-state index is 0.0241. The number of rotatable bonds is 6. The Labute approximate surface area is 414 Å². The van der Waals surface area contributed by atoms with Crippen molar-refractivity contribution in [1.82, 2.24) is 4.90 Å². The van der Waals surface area contributed by atoms with Gasteiger partial charge in [-0.25, -0.2) is 4.79 Å². The number of aliphatic hydroxyl groups is 3. The summed E-state index contributed by atoms with van der Waals surface area (Å²) >= 11 is 1.67. The Balaban J connectivity index is 1.50. The molecule has 4 heterocycles. The third kappa shape index (κ3) is 14.5. The van der Waals surface area contributed by atoms with E-state index >= 15 is 0 Å². The number of amides is 1. The Hall–Kier alpha value is -3.63. The number of aryl methyl sites for hydroxylation is 1. The normalized spacial score (nSPS) is 38.8. The highest BCUT2D eigenvalue weighted by atomic mass is 32.1. The van der Waals surface area contributed by atoms with Crippen molar-refractivity contribution in [3.05, 3.63) is 69.5 Å². The fourth-order valence-electron chi connectivity index (χ4n) is 10.8. The van der Waals surface area contributed by atoms with E-state index in [2.05, 4.69) is 12.1 Å². The van der Waals surface area contributed by atoms with Crippen LogP contribution in [0.2, 0.25) is 0 Å². The third-order valence-electron chi connectivity index (χ3n) is 15.4. The number of esters is 1. The van der Waals surface area contributed by atoms with E-state index in [1.165, 1.54) is 12.0 Å². The van der Waals surface area contributed by atoms with Crippen LogP contribution < -0.4 is 0 Å². The second-order valence-electron chi connectivity index (χ2n) is 20.9. The van der Waals surface area contributed by atoms with Gasteiger partial charge < -0.3 is 39.2 Å². The molecule has 0 unspecified atom stereocenters. The van der Waals surface area contributed by atoms with E-state index in [1.807, 2.05) is 65.0 Å². The first-order valence-electron chi connectivity index (χ1n) is 25.4. The topological polar surface area (TPSA) is 186 Å². The number of fused-ring (bicyclic) bond motifs is 3. The molecule has 0 radical (unpaired) electrons. The summed E-state index contributed by atoms with van der Waals surface area (Å²) in [5, 5.41) is 34.2. The van der Waals surface area contributed by atoms with Crippen LogP contribution in [0, 0.1) is 42.4 Å². The molecule has 1 saturated carbocycles. The molecule has 2 saturated heterocycles. The second-order valence-corrected chi connectivity index (χ2v) is 22.2. The summed E-state index contributed by atoms with van der Waals surface area (Å²) in [5.41, 5.74) is 1.44. The van der Waals surface area contributed by atoms with Gasteiger partial charge in [0.25, 0.3) is 11.7 Å². The van der Waals surface area contributed by atoms with Gasteiger partial charge >= 0.3 is 5.97 Å². The molecule has 0 aromatic carbocycles. The lowest BCUT2D eigenvalue weighted by Crippen LogP contribution is -2.60. The predicted molar refractivity (Wildman–Crippen MR) is 266 cm³/mol. The van der Waals surface area contributed by atoms with Crippen LogP contribution in [0.25, 0.3) is 0 Å². The van der Waals surface area contributed by atoms with Gasteiger partial charge in [0.1, 0.15) is 30.1 Å². The third-order valence-corrected chi connectivity index (χ3v) is 16.5. The zero-order valence-electron chi connectivity index (χ0n) is 42.8. The number of methoxy groups -OCH3 is 2. The van der Waals surface area contributed by atoms with Gasteiger partial charge in [-0.3, -0.25) is 19.2 Å². The number of carbonyl (C=O) groups is 5. The quantitative estimate of drug-likeness (QED) is 0.141. The molecule has 13 nitrogen and oxygen atoms in total. The molecule has 1 aliphatic carbocycles. The summed E-state index contributed by atoms with van der Waals surface area (Å²) in [6.07, 6.45) is 12.3. The Bertz CT molecular complexity index is 2060. The van der Waals surface area contributed by atoms with Crippen molar-refractivity contribution in [2.45, 2.75) is 187 Å². The SMILES string of the molecule is CO[C@@H]1C[C@H](C[C@@H](C)[C@@H]2CC(=O)[C@H](C)/C=C(\C)[C@@H](O)[C@@H](OC)C(=O)[C@H](C)C[C@H](C)/C=C/C=C/C=C(\C)[C@H](c3ccc(C)s3)C[C@@H]3CC[C@@H](C)[C@@](O)(O3)C(=O)C(=O)N3CCCC[C@H]3C(=O)O2)CC[C@H]1O. The first kappa shape index (κ1) is 56.3. The van der Waals surface area contributed by atoms with Crippen molar-refractivity contribution < 1.29 is 58.2 Å². The minimum atomic E-state index is -2.42. The van der Waals surface area contributed by atoms with Crippen molar-refractivity contribution in [2.75, 3.05) is 20.8 Å². The molecule has 3 fully saturated rings. The van der Waals surface area contributed by atoms with Crippen molar-refractivity contribution >= 4 is 40.6 Å². The molecule has 15 atom stereocenters. The first-order valence-corrected chi connectivity index (χ1v) is 26.2. The summed E-state index contributed by atoms with van der Waals surface area (Å²) < 4.78 is 23.9. The minimum Gasteiger partial charge on any atom is -0.460 e. The lowest BCUT2D eigenvalue weighted by Gasteiger charge is -2.43. The molecule has 1 amide bonds. The number of aliphatic hydroxyl groups excluding tert-OH is 2. The first-order chi connectivity index (χ1) is 32.7. The number of Topliss-reactive ketones (excluding diaryl/α,β-unsaturated/α-hetero) is 3. The van der Waals surface area contributed by atoms with Gasteiger partial charge in [-0.05, 0) is 127 Å². The number of piperidine rings is 1. The van der Waals surface area contributed by atoms with Crippen LogP contribution in [0.1, 0.15) is 141 Å². The van der Waals surface area contributed by atoms with Crippen LogP contribution in [-0.2, 0) is 42.9 Å². The Kier molecular flexibility index (Phi) is 20.9. The number of hydrogen-bond donors (Lipinski definition) is 3. The average molecular weight is 980 g/mol. The molecule has 1 aromatic rings. The summed E-state index contributed by atoms with van der Waals surface area (Å²) in [6, 6.07) is 3.02. The lowest BCUT2D eigenvalue weighted by molar-refractivity contribution is -0.264. The van der Waals surface area contributed by atoms with Gasteiger partial charge in [-0.2, -0.15) is 0 Å². The number of nitrogens with zero attached hydrogens (tertiary/aromatic N) is 1. The average Bonchev–Trinajstić information content (AvgIpc) is 3.76. The maximum Gasteiger partial charge on any atom is 0.329 e. The number of thiophene rings is 1. The fourth-order valence-corrected chi connectivity index (χ4v) is 11.9. The number of allylic oxidation sites excluding steroid dienone is 7. The van der Waals surface area contributed by atoms with Crippen LogP contribution >= 0.6 is 11.3 Å². The molecule has 4 aliphatic rings. The summed E-state index contributed by atoms with van der Waals surface area (Å²) in [6.45, 7) is 15.0. The van der Waals surface area contributed by atoms with Crippen LogP contribution in [0.3, 0.4) is 0 Å². The molecule has 69 heavy (non-hydrogen) atoms. The Morgan fingerprint density at radius 2 is 1.61 bits per heavy atom. The summed E-state index contributed by atoms with van der Waals surface area (Å²) in [5.74, 6) is -7.96. The van der Waals surface area contributed by atoms with Crippen molar-refractivity contribution in [2.24, 2.45) is 35.5 Å². The number of ether oxygens (including phenoxy) is 4. The molecular formula is C55H81NO12S. The standard InChI is InChI=1S/C55H81NO12S/c1-32-16-12-11-13-17-33(2)42(48-24-20-39(8)69-48)30-41-22-19-38(7)55(64,68-41)52(61)53(62)56-25-15-14-18-43(56)54(63)67-46(35(4)28-40-21-23-44(57)47(29-40)65-9)31-45(58)34(3)27-37(6)50(60)51(66-10)49(59)36(5)26-32/h11-13,16-17,20,24,27,32,34-36,38,40-44,46-47,50-51,57,60,64H,14-15,18-19,21-23,25-26,28-31H2,1-10H3/b13-11+,16-12+,33-17+,37-27+/t32-,34-,35-,36-,38-,40+,41+,42-,43+,44-,46+,47-,50-,51+,55-/m1/s1. The maximum atomic E-state index is 14.5. The van der Waals surface area contributed by atoms with E-state index in [0.717, 1.165) is 21.7 Å². The largest absolute Gasteiger partial charge is 0.460 e.